The number of nitrogens with zero attached hydrogens (tertiary/aromatic N) is 1. The zero-order valence-corrected chi connectivity index (χ0v) is 11.3. The van der Waals surface area contributed by atoms with E-state index >= 15 is 0 Å². The number of hydrogen-bond donors (Lipinski definition) is 1. The van der Waals surface area contributed by atoms with Gasteiger partial charge in [0.25, 0.3) is 0 Å². The smallest absolute Gasteiger partial charge is 0.248 e. The Hall–Kier alpha value is -1.66. The van der Waals surface area contributed by atoms with E-state index in [0.717, 1.165) is 0 Å². The Morgan fingerprint density at radius 2 is 2.35 bits per heavy atom. The van der Waals surface area contributed by atoms with E-state index in [1.54, 1.807) is 11.0 Å². The van der Waals surface area contributed by atoms with Gasteiger partial charge in [0.2, 0.25) is 5.91 Å². The van der Waals surface area contributed by atoms with Crippen molar-refractivity contribution in [2.75, 3.05) is 33.4 Å². The molecule has 6 heteroatoms. The lowest BCUT2D eigenvalue weighted by Gasteiger charge is -2.23. The number of methoxy groups -OCH3 is 1. The highest BCUT2D eigenvalue weighted by Gasteiger charge is 2.38. The zero-order valence-electron chi connectivity index (χ0n) is 11.3. The molecule has 20 heavy (non-hydrogen) atoms. The normalized spacial score (nSPS) is 22.1. The van der Waals surface area contributed by atoms with Crippen LogP contribution >= 0.6 is 0 Å². The number of aliphatic hydroxyl groups is 1. The Morgan fingerprint density at radius 3 is 3.05 bits per heavy atom. The first-order valence-electron chi connectivity index (χ1n) is 6.40. The first-order chi connectivity index (χ1) is 9.52. The number of carbonyl (C=O) groups is 1. The maximum absolute atomic E-state index is 13.0. The second-order valence-corrected chi connectivity index (χ2v) is 4.97. The molecule has 1 N–H and O–H groups in total. The van der Waals surface area contributed by atoms with E-state index in [-0.39, 0.29) is 25.7 Å². The summed E-state index contributed by atoms with van der Waals surface area (Å²) in [6, 6.07) is 5.74. The molecule has 1 aliphatic rings. The summed E-state index contributed by atoms with van der Waals surface area (Å²) >= 11 is 0. The molecule has 0 radical (unpaired) electrons. The van der Waals surface area contributed by atoms with Crippen molar-refractivity contribution >= 4 is 5.91 Å². The van der Waals surface area contributed by atoms with Crippen LogP contribution < -0.4 is 4.74 Å². The molecule has 1 heterocycles. The van der Waals surface area contributed by atoms with Gasteiger partial charge >= 0.3 is 0 Å². The third-order valence-electron chi connectivity index (χ3n) is 3.26. The van der Waals surface area contributed by atoms with E-state index in [4.69, 9.17) is 9.47 Å². The molecule has 0 bridgehead atoms. The van der Waals surface area contributed by atoms with Crippen LogP contribution in [0.2, 0.25) is 0 Å². The molecule has 0 unspecified atom stereocenters. The molecule has 1 fully saturated rings. The predicted octanol–water partition coefficient (Wildman–Crippen LogP) is 0.814. The molecule has 0 spiro atoms. The number of β-amino-alcohol motifs (C(OH)–C–C–N with tert-alkyl or cyclic N) is 1. The number of amides is 1. The lowest BCUT2D eigenvalue weighted by atomic mass is 10.1. The largest absolute Gasteiger partial charge is 0.490 e. The van der Waals surface area contributed by atoms with Crippen molar-refractivity contribution < 1.29 is 23.8 Å². The van der Waals surface area contributed by atoms with Gasteiger partial charge in [0.15, 0.2) is 0 Å². The SMILES string of the molecule is COCC(=O)N1CC[C@@](O)(COc2cccc(F)c2)C1. The molecule has 1 saturated heterocycles. The van der Waals surface area contributed by atoms with E-state index < -0.39 is 11.4 Å². The quantitative estimate of drug-likeness (QED) is 0.869. The van der Waals surface area contributed by atoms with Crippen molar-refractivity contribution in [1.29, 1.82) is 0 Å². The highest BCUT2D eigenvalue weighted by atomic mass is 19.1. The van der Waals surface area contributed by atoms with Crippen LogP contribution in [0.5, 0.6) is 5.75 Å². The Kier molecular flexibility index (Phi) is 4.57. The topological polar surface area (TPSA) is 59.0 Å². The van der Waals surface area contributed by atoms with Gasteiger partial charge in [-0.2, -0.15) is 0 Å². The summed E-state index contributed by atoms with van der Waals surface area (Å²) in [5, 5.41) is 10.4. The molecule has 1 aliphatic heterocycles. The third-order valence-corrected chi connectivity index (χ3v) is 3.26. The van der Waals surface area contributed by atoms with Gasteiger partial charge in [-0.3, -0.25) is 4.79 Å². The van der Waals surface area contributed by atoms with Crippen molar-refractivity contribution in [2.45, 2.75) is 12.0 Å². The van der Waals surface area contributed by atoms with Gasteiger partial charge in [0, 0.05) is 19.7 Å². The van der Waals surface area contributed by atoms with Crippen LogP contribution in [0.4, 0.5) is 4.39 Å². The summed E-state index contributed by atoms with van der Waals surface area (Å²) in [5.41, 5.74) is -1.10. The molecular formula is C14H18FNO4. The fourth-order valence-electron chi connectivity index (χ4n) is 2.18. The number of likely N-dealkylation sites (tertiary alicyclic amines) is 1. The minimum Gasteiger partial charge on any atom is -0.490 e. The van der Waals surface area contributed by atoms with Gasteiger partial charge in [0.05, 0.1) is 6.54 Å². The van der Waals surface area contributed by atoms with Gasteiger partial charge in [-0.15, -0.1) is 0 Å². The highest BCUT2D eigenvalue weighted by molar-refractivity contribution is 5.77. The predicted molar refractivity (Wildman–Crippen MR) is 69.9 cm³/mol. The lowest BCUT2D eigenvalue weighted by molar-refractivity contribution is -0.135. The number of halogens is 1. The second kappa shape index (κ2) is 6.19. The third kappa shape index (κ3) is 3.68. The van der Waals surface area contributed by atoms with Crippen LogP contribution in [0.25, 0.3) is 0 Å². The summed E-state index contributed by atoms with van der Waals surface area (Å²) in [6.45, 7) is 0.684. The number of hydrogen-bond acceptors (Lipinski definition) is 4. The van der Waals surface area contributed by atoms with Crippen molar-refractivity contribution in [3.63, 3.8) is 0 Å². The van der Waals surface area contributed by atoms with Crippen molar-refractivity contribution in [3.8, 4) is 5.75 Å². The van der Waals surface area contributed by atoms with Gasteiger partial charge in [-0.1, -0.05) is 6.07 Å². The monoisotopic (exact) mass is 283 g/mol. The standard InChI is InChI=1S/C14H18FNO4/c1-19-8-13(17)16-6-5-14(18,9-16)10-20-12-4-2-3-11(15)7-12/h2-4,7,18H,5-6,8-10H2,1H3/t14-/m0/s1. The Bertz CT molecular complexity index is 482. The van der Waals surface area contributed by atoms with Crippen molar-refractivity contribution in [3.05, 3.63) is 30.1 Å². The Labute approximate surface area is 116 Å². The van der Waals surface area contributed by atoms with Gasteiger partial charge < -0.3 is 19.5 Å². The number of ether oxygens (including phenoxy) is 2. The first-order valence-corrected chi connectivity index (χ1v) is 6.40. The average molecular weight is 283 g/mol. The molecule has 2 rings (SSSR count). The second-order valence-electron chi connectivity index (χ2n) is 4.97. The molecule has 1 aromatic carbocycles. The highest BCUT2D eigenvalue weighted by Crippen LogP contribution is 2.23. The van der Waals surface area contributed by atoms with Crippen molar-refractivity contribution in [1.82, 2.24) is 4.90 Å². The first kappa shape index (κ1) is 14.7. The van der Waals surface area contributed by atoms with Crippen LogP contribution in [0.3, 0.4) is 0 Å². The minimum atomic E-state index is -1.10. The fourth-order valence-corrected chi connectivity index (χ4v) is 2.18. The summed E-state index contributed by atoms with van der Waals surface area (Å²) in [7, 11) is 1.45. The number of carbonyl (C=O) groups excluding carboxylic acids is 1. The van der Waals surface area contributed by atoms with Crippen LogP contribution in [-0.4, -0.2) is 54.9 Å². The molecule has 0 saturated carbocycles. The van der Waals surface area contributed by atoms with Crippen LogP contribution in [-0.2, 0) is 9.53 Å². The van der Waals surface area contributed by atoms with E-state index in [0.29, 0.717) is 18.7 Å². The Balaban J connectivity index is 1.88. The molecule has 1 amide bonds. The summed E-state index contributed by atoms with van der Waals surface area (Å²) in [5.74, 6) is -0.188. The molecule has 0 aliphatic carbocycles. The summed E-state index contributed by atoms with van der Waals surface area (Å²) in [4.78, 5) is 13.2. The Morgan fingerprint density at radius 1 is 1.55 bits per heavy atom. The molecule has 110 valence electrons. The zero-order chi connectivity index (χ0) is 14.6. The maximum atomic E-state index is 13.0. The molecule has 1 atom stereocenters. The molecular weight excluding hydrogens is 265 g/mol. The number of rotatable bonds is 5. The van der Waals surface area contributed by atoms with Gasteiger partial charge in [0.1, 0.15) is 30.4 Å². The van der Waals surface area contributed by atoms with E-state index in [9.17, 15) is 14.3 Å². The number of benzene rings is 1. The van der Waals surface area contributed by atoms with Crippen LogP contribution in [0.1, 0.15) is 6.42 Å². The van der Waals surface area contributed by atoms with Gasteiger partial charge in [-0.05, 0) is 18.6 Å². The molecule has 5 nitrogen and oxygen atoms in total. The van der Waals surface area contributed by atoms with Gasteiger partial charge in [-0.25, -0.2) is 4.39 Å². The minimum absolute atomic E-state index is 0.000827. The average Bonchev–Trinajstić information content (AvgIpc) is 2.80. The lowest BCUT2D eigenvalue weighted by Crippen LogP contribution is -2.41. The summed E-state index contributed by atoms with van der Waals surface area (Å²) in [6.07, 6.45) is 0.428. The maximum Gasteiger partial charge on any atom is 0.248 e. The van der Waals surface area contributed by atoms with E-state index in [2.05, 4.69) is 0 Å². The van der Waals surface area contributed by atoms with Crippen molar-refractivity contribution in [2.24, 2.45) is 0 Å². The van der Waals surface area contributed by atoms with Crippen LogP contribution in [0, 0.1) is 5.82 Å². The van der Waals surface area contributed by atoms with E-state index in [1.165, 1.54) is 25.3 Å². The summed E-state index contributed by atoms with van der Waals surface area (Å²) < 4.78 is 23.2. The molecule has 1 aromatic rings. The van der Waals surface area contributed by atoms with E-state index in [1.807, 2.05) is 0 Å². The molecule has 0 aromatic heterocycles. The van der Waals surface area contributed by atoms with Crippen LogP contribution in [0.15, 0.2) is 24.3 Å². The fraction of sp³-hybridized carbons (Fsp3) is 0.500.